The van der Waals surface area contributed by atoms with Crippen molar-refractivity contribution in [1.29, 1.82) is 0 Å². The van der Waals surface area contributed by atoms with Crippen LogP contribution in [-0.4, -0.2) is 62.0 Å². The Kier molecular flexibility index (Phi) is 5.27. The van der Waals surface area contributed by atoms with Crippen LogP contribution in [0.5, 0.6) is 0 Å². The summed E-state index contributed by atoms with van der Waals surface area (Å²) < 4.78 is 5.38. The van der Waals surface area contributed by atoms with E-state index in [4.69, 9.17) is 4.52 Å². The fraction of sp³-hybridized carbons (Fsp3) is 0.500. The van der Waals surface area contributed by atoms with Crippen LogP contribution in [0.4, 0.5) is 0 Å². The Bertz CT molecular complexity index is 1080. The molecule has 0 spiro atoms. The number of benzene rings is 1. The summed E-state index contributed by atoms with van der Waals surface area (Å²) >= 11 is 0. The maximum absolute atomic E-state index is 13.0. The molecule has 0 aliphatic carbocycles. The van der Waals surface area contributed by atoms with Crippen LogP contribution < -0.4 is 0 Å². The summed E-state index contributed by atoms with van der Waals surface area (Å²) in [4.78, 5) is 30.8. The van der Waals surface area contributed by atoms with E-state index < -0.39 is 0 Å². The zero-order valence-electron chi connectivity index (χ0n) is 18.3. The number of hydrogen-bond donors (Lipinski definition) is 0. The summed E-state index contributed by atoms with van der Waals surface area (Å²) in [5, 5.41) is 4.10. The molecule has 3 heterocycles. The van der Waals surface area contributed by atoms with Crippen LogP contribution in [0.1, 0.15) is 54.2 Å². The number of nitrogens with zero attached hydrogens (tertiary/aromatic N) is 6. The fourth-order valence-electron chi connectivity index (χ4n) is 3.48. The van der Waals surface area contributed by atoms with Gasteiger partial charge in [-0.2, -0.15) is 4.98 Å². The van der Waals surface area contributed by atoms with Gasteiger partial charge < -0.3 is 9.42 Å². The van der Waals surface area contributed by atoms with Gasteiger partial charge in [-0.15, -0.1) is 0 Å². The van der Waals surface area contributed by atoms with Crippen molar-refractivity contribution in [3.05, 3.63) is 46.9 Å². The van der Waals surface area contributed by atoms with Crippen molar-refractivity contribution in [3.63, 3.8) is 0 Å². The van der Waals surface area contributed by atoms with Crippen LogP contribution in [0.2, 0.25) is 0 Å². The van der Waals surface area contributed by atoms with Crippen molar-refractivity contribution in [2.75, 3.05) is 26.2 Å². The highest BCUT2D eigenvalue weighted by Crippen LogP contribution is 2.21. The Hall–Kier alpha value is -2.87. The predicted octanol–water partition coefficient (Wildman–Crippen LogP) is 2.89. The zero-order chi connectivity index (χ0) is 21.5. The highest BCUT2D eigenvalue weighted by atomic mass is 16.5. The van der Waals surface area contributed by atoms with E-state index >= 15 is 0 Å². The van der Waals surface area contributed by atoms with E-state index in [-0.39, 0.29) is 11.3 Å². The molecule has 2 aromatic heterocycles. The molecule has 158 valence electrons. The minimum absolute atomic E-state index is 0.0335. The van der Waals surface area contributed by atoms with Gasteiger partial charge in [0.15, 0.2) is 5.82 Å². The lowest BCUT2D eigenvalue weighted by Crippen LogP contribution is -2.48. The maximum Gasteiger partial charge on any atom is 0.254 e. The Morgan fingerprint density at radius 2 is 1.67 bits per heavy atom. The number of fused-ring (bicyclic) bond motifs is 1. The van der Waals surface area contributed by atoms with Crippen LogP contribution in [0, 0.1) is 13.8 Å². The molecule has 4 rings (SSSR count). The summed E-state index contributed by atoms with van der Waals surface area (Å²) in [5.74, 6) is 1.38. The molecule has 0 unspecified atom stereocenters. The molecule has 1 saturated heterocycles. The number of aryl methyl sites for hydroxylation is 2. The summed E-state index contributed by atoms with van der Waals surface area (Å²) in [6, 6.07) is 5.56. The fourth-order valence-corrected chi connectivity index (χ4v) is 3.48. The minimum atomic E-state index is -0.155. The van der Waals surface area contributed by atoms with Gasteiger partial charge in [0.05, 0.1) is 29.0 Å². The van der Waals surface area contributed by atoms with E-state index in [2.05, 4.69) is 45.8 Å². The molecule has 0 radical (unpaired) electrons. The molecule has 1 aliphatic rings. The molecule has 1 aromatic carbocycles. The lowest BCUT2D eigenvalue weighted by molar-refractivity contribution is 0.0624. The number of aromatic nitrogens is 4. The number of rotatable bonds is 3. The Morgan fingerprint density at radius 3 is 2.30 bits per heavy atom. The van der Waals surface area contributed by atoms with Gasteiger partial charge in [-0.05, 0) is 32.0 Å². The van der Waals surface area contributed by atoms with Crippen LogP contribution in [0.3, 0.4) is 0 Å². The van der Waals surface area contributed by atoms with E-state index in [0.29, 0.717) is 36.9 Å². The zero-order valence-corrected chi connectivity index (χ0v) is 18.3. The Labute approximate surface area is 176 Å². The first kappa shape index (κ1) is 20.4. The molecule has 8 heteroatoms. The van der Waals surface area contributed by atoms with Crippen LogP contribution >= 0.6 is 0 Å². The van der Waals surface area contributed by atoms with E-state index in [1.54, 1.807) is 0 Å². The lowest BCUT2D eigenvalue weighted by atomic mass is 9.97. The quantitative estimate of drug-likeness (QED) is 0.658. The molecule has 0 bridgehead atoms. The van der Waals surface area contributed by atoms with Crippen LogP contribution in [0.25, 0.3) is 11.0 Å². The maximum atomic E-state index is 13.0. The molecule has 1 aliphatic heterocycles. The average molecular weight is 409 g/mol. The number of hydrogen-bond acceptors (Lipinski definition) is 7. The molecule has 1 amide bonds. The van der Waals surface area contributed by atoms with Crippen LogP contribution in [0.15, 0.2) is 22.7 Å². The summed E-state index contributed by atoms with van der Waals surface area (Å²) in [6.45, 7) is 13.5. The second-order valence-corrected chi connectivity index (χ2v) is 8.93. The number of amides is 1. The topological polar surface area (TPSA) is 88.3 Å². The molecular weight excluding hydrogens is 380 g/mol. The third-order valence-corrected chi connectivity index (χ3v) is 5.46. The monoisotopic (exact) mass is 408 g/mol. The van der Waals surface area contributed by atoms with Gasteiger partial charge in [-0.1, -0.05) is 25.9 Å². The highest BCUT2D eigenvalue weighted by molar-refractivity contribution is 5.97. The third kappa shape index (κ3) is 4.18. The molecule has 3 aromatic rings. The van der Waals surface area contributed by atoms with E-state index in [1.165, 1.54) is 0 Å². The average Bonchev–Trinajstić information content (AvgIpc) is 3.18. The van der Waals surface area contributed by atoms with Gasteiger partial charge in [0.2, 0.25) is 5.89 Å². The molecule has 30 heavy (non-hydrogen) atoms. The van der Waals surface area contributed by atoms with Crippen molar-refractivity contribution < 1.29 is 9.32 Å². The van der Waals surface area contributed by atoms with Crippen molar-refractivity contribution in [2.45, 2.75) is 46.6 Å². The van der Waals surface area contributed by atoms with E-state index in [0.717, 1.165) is 35.5 Å². The van der Waals surface area contributed by atoms with Gasteiger partial charge in [-0.3, -0.25) is 9.69 Å². The highest BCUT2D eigenvalue weighted by Gasteiger charge is 2.25. The second-order valence-electron chi connectivity index (χ2n) is 8.93. The normalized spacial score (nSPS) is 15.7. The molecule has 8 nitrogen and oxygen atoms in total. The smallest absolute Gasteiger partial charge is 0.254 e. The first-order valence-electron chi connectivity index (χ1n) is 10.3. The van der Waals surface area contributed by atoms with Gasteiger partial charge in [0.25, 0.3) is 5.91 Å². The Balaban J connectivity index is 1.39. The number of carbonyl (C=O) groups excluding carboxylic acids is 1. The largest absolute Gasteiger partial charge is 0.339 e. The van der Waals surface area contributed by atoms with E-state index in [9.17, 15) is 4.79 Å². The Morgan fingerprint density at radius 1 is 1.00 bits per heavy atom. The number of carbonyl (C=O) groups is 1. The van der Waals surface area contributed by atoms with Crippen LogP contribution in [-0.2, 0) is 12.0 Å². The molecule has 0 N–H and O–H groups in total. The third-order valence-electron chi connectivity index (χ3n) is 5.46. The van der Waals surface area contributed by atoms with Gasteiger partial charge in [-0.25, -0.2) is 9.97 Å². The molecular formula is C22H28N6O2. The molecule has 0 atom stereocenters. The standard InChI is InChI=1S/C22H28N6O2/c1-14-15(2)24-18-12-16(6-7-17(18)23-14)20(29)28-10-8-27(9-11-28)13-19-25-21(30-26-19)22(3,4)5/h6-7,12H,8-11,13H2,1-5H3. The minimum Gasteiger partial charge on any atom is -0.339 e. The molecule has 1 fully saturated rings. The predicted molar refractivity (Wildman–Crippen MR) is 113 cm³/mol. The second kappa shape index (κ2) is 7.75. The van der Waals surface area contributed by atoms with Gasteiger partial charge in [0.1, 0.15) is 0 Å². The van der Waals surface area contributed by atoms with Crippen molar-refractivity contribution >= 4 is 16.9 Å². The van der Waals surface area contributed by atoms with Crippen molar-refractivity contribution in [2.24, 2.45) is 0 Å². The first-order valence-corrected chi connectivity index (χ1v) is 10.3. The summed E-state index contributed by atoms with van der Waals surface area (Å²) in [5.41, 5.74) is 3.87. The number of piperazine rings is 1. The van der Waals surface area contributed by atoms with Crippen molar-refractivity contribution in [3.8, 4) is 0 Å². The van der Waals surface area contributed by atoms with Crippen molar-refractivity contribution in [1.82, 2.24) is 29.9 Å². The first-order chi connectivity index (χ1) is 14.2. The molecule has 0 saturated carbocycles. The van der Waals surface area contributed by atoms with Gasteiger partial charge >= 0.3 is 0 Å². The summed E-state index contributed by atoms with van der Waals surface area (Å²) in [6.07, 6.45) is 0. The SMILES string of the molecule is Cc1nc2ccc(C(=O)N3CCN(Cc4noc(C(C)(C)C)n4)CC3)cc2nc1C. The van der Waals surface area contributed by atoms with E-state index in [1.807, 2.05) is 36.9 Å². The lowest BCUT2D eigenvalue weighted by Gasteiger charge is -2.34. The van der Waals surface area contributed by atoms with Gasteiger partial charge in [0, 0.05) is 37.2 Å². The summed E-state index contributed by atoms with van der Waals surface area (Å²) in [7, 11) is 0.